The van der Waals surface area contributed by atoms with Gasteiger partial charge in [0.05, 0.1) is 12.7 Å². The SMILES string of the molecule is COC1CCC2(CO)C(=CCC3C2CCC2(C)C(C(C)CCCC(C)C)CCC32)C1. The molecule has 3 saturated carbocycles. The molecule has 8 unspecified atom stereocenters. The lowest BCUT2D eigenvalue weighted by atomic mass is 9.46. The molecule has 0 aromatic carbocycles. The van der Waals surface area contributed by atoms with Gasteiger partial charge in [0.2, 0.25) is 0 Å². The highest BCUT2D eigenvalue weighted by Crippen LogP contribution is 2.67. The van der Waals surface area contributed by atoms with Gasteiger partial charge in [0.15, 0.2) is 0 Å². The molecule has 4 rings (SSSR count). The summed E-state index contributed by atoms with van der Waals surface area (Å²) in [5.74, 6) is 4.99. The number of hydrogen-bond donors (Lipinski definition) is 1. The zero-order chi connectivity index (χ0) is 21.5. The van der Waals surface area contributed by atoms with Crippen molar-refractivity contribution >= 4 is 0 Å². The van der Waals surface area contributed by atoms with E-state index in [4.69, 9.17) is 4.74 Å². The van der Waals surface area contributed by atoms with Crippen LogP contribution in [0.25, 0.3) is 0 Å². The van der Waals surface area contributed by atoms with Gasteiger partial charge in [0, 0.05) is 12.5 Å². The van der Waals surface area contributed by atoms with Crippen LogP contribution in [0.15, 0.2) is 11.6 Å². The minimum absolute atomic E-state index is 0.0697. The number of hydrogen-bond acceptors (Lipinski definition) is 2. The smallest absolute Gasteiger partial charge is 0.0609 e. The van der Waals surface area contributed by atoms with Gasteiger partial charge in [-0.1, -0.05) is 58.6 Å². The Morgan fingerprint density at radius 2 is 1.87 bits per heavy atom. The summed E-state index contributed by atoms with van der Waals surface area (Å²) in [6.45, 7) is 10.3. The van der Waals surface area contributed by atoms with Crippen LogP contribution in [0.2, 0.25) is 0 Å². The molecule has 0 aromatic rings. The van der Waals surface area contributed by atoms with E-state index in [0.29, 0.717) is 24.0 Å². The molecular formula is C28H48O2. The number of ether oxygens (including phenoxy) is 1. The van der Waals surface area contributed by atoms with Crippen molar-refractivity contribution in [3.05, 3.63) is 11.6 Å². The van der Waals surface area contributed by atoms with Gasteiger partial charge < -0.3 is 9.84 Å². The second kappa shape index (κ2) is 8.89. The third kappa shape index (κ3) is 3.72. The summed E-state index contributed by atoms with van der Waals surface area (Å²) in [4.78, 5) is 0. The van der Waals surface area contributed by atoms with Gasteiger partial charge in [-0.2, -0.15) is 0 Å². The molecule has 2 nitrogen and oxygen atoms in total. The lowest BCUT2D eigenvalue weighted by Crippen LogP contribution is -2.53. The van der Waals surface area contributed by atoms with Gasteiger partial charge in [-0.25, -0.2) is 0 Å². The van der Waals surface area contributed by atoms with Crippen LogP contribution in [0.5, 0.6) is 0 Å². The van der Waals surface area contributed by atoms with Gasteiger partial charge in [0.1, 0.15) is 0 Å². The first-order valence-corrected chi connectivity index (χ1v) is 13.2. The average molecular weight is 417 g/mol. The van der Waals surface area contributed by atoms with Gasteiger partial charge in [0.25, 0.3) is 0 Å². The zero-order valence-electron chi connectivity index (χ0n) is 20.5. The van der Waals surface area contributed by atoms with Crippen LogP contribution in [-0.2, 0) is 4.74 Å². The predicted molar refractivity (Wildman–Crippen MR) is 125 cm³/mol. The molecule has 0 aliphatic heterocycles. The fourth-order valence-corrected chi connectivity index (χ4v) is 8.94. The van der Waals surface area contributed by atoms with Crippen molar-refractivity contribution in [1.82, 2.24) is 0 Å². The number of allylic oxidation sites excluding steroid dienone is 1. The molecule has 2 heteroatoms. The maximum Gasteiger partial charge on any atom is 0.0609 e. The van der Waals surface area contributed by atoms with Crippen molar-refractivity contribution in [1.29, 1.82) is 0 Å². The minimum Gasteiger partial charge on any atom is -0.395 e. The highest BCUT2D eigenvalue weighted by Gasteiger charge is 2.60. The van der Waals surface area contributed by atoms with Crippen LogP contribution < -0.4 is 0 Å². The second-order valence-electron chi connectivity index (χ2n) is 12.3. The molecule has 1 N–H and O–H groups in total. The number of aliphatic hydroxyl groups excluding tert-OH is 1. The van der Waals surface area contributed by atoms with Crippen molar-refractivity contribution < 1.29 is 9.84 Å². The first kappa shape index (κ1) is 22.8. The van der Waals surface area contributed by atoms with Crippen molar-refractivity contribution in [2.45, 2.75) is 104 Å². The Labute approximate surface area is 186 Å². The highest BCUT2D eigenvalue weighted by atomic mass is 16.5. The molecule has 0 spiro atoms. The van der Waals surface area contributed by atoms with Gasteiger partial charge >= 0.3 is 0 Å². The van der Waals surface area contributed by atoms with Crippen LogP contribution >= 0.6 is 0 Å². The minimum atomic E-state index is 0.0697. The molecule has 0 aromatic heterocycles. The van der Waals surface area contributed by atoms with E-state index in [0.717, 1.165) is 48.9 Å². The van der Waals surface area contributed by atoms with Gasteiger partial charge in [-0.3, -0.25) is 0 Å². The molecule has 0 saturated heterocycles. The Morgan fingerprint density at radius 3 is 2.57 bits per heavy atom. The third-order valence-corrected chi connectivity index (χ3v) is 10.6. The standard InChI is InChI=1S/C28H48O2/c1-19(2)7-6-8-20(3)24-11-12-25-23-10-9-21-17-22(30-5)13-16-28(21,18-29)26(23)14-15-27(24,25)4/h9,19-20,22-26,29H,6-8,10-18H2,1-5H3. The topological polar surface area (TPSA) is 29.5 Å². The maximum absolute atomic E-state index is 10.7. The maximum atomic E-state index is 10.7. The quantitative estimate of drug-likeness (QED) is 0.452. The van der Waals surface area contributed by atoms with Crippen molar-refractivity contribution in [2.75, 3.05) is 13.7 Å². The molecule has 3 fully saturated rings. The highest BCUT2D eigenvalue weighted by molar-refractivity contribution is 5.26. The molecular weight excluding hydrogens is 368 g/mol. The molecule has 172 valence electrons. The molecule has 0 heterocycles. The first-order valence-electron chi connectivity index (χ1n) is 13.2. The molecule has 0 bridgehead atoms. The van der Waals surface area contributed by atoms with E-state index in [9.17, 15) is 5.11 Å². The Morgan fingerprint density at radius 1 is 1.07 bits per heavy atom. The molecule has 4 aliphatic rings. The van der Waals surface area contributed by atoms with Crippen molar-refractivity contribution in [3.8, 4) is 0 Å². The Hall–Kier alpha value is -0.340. The molecule has 0 radical (unpaired) electrons. The summed E-state index contributed by atoms with van der Waals surface area (Å²) in [6, 6.07) is 0. The monoisotopic (exact) mass is 416 g/mol. The summed E-state index contributed by atoms with van der Waals surface area (Å²) in [5, 5.41) is 10.7. The van der Waals surface area contributed by atoms with E-state index in [-0.39, 0.29) is 5.41 Å². The fraction of sp³-hybridized carbons (Fsp3) is 0.929. The summed E-state index contributed by atoms with van der Waals surface area (Å²) in [6.07, 6.45) is 17.3. The molecule has 4 aliphatic carbocycles. The van der Waals surface area contributed by atoms with E-state index in [1.54, 1.807) is 5.57 Å². The number of aliphatic hydroxyl groups is 1. The number of methoxy groups -OCH3 is 1. The summed E-state index contributed by atoms with van der Waals surface area (Å²) < 4.78 is 5.72. The van der Waals surface area contributed by atoms with Crippen molar-refractivity contribution in [2.24, 2.45) is 46.3 Å². The fourth-order valence-electron chi connectivity index (χ4n) is 8.94. The van der Waals surface area contributed by atoms with E-state index < -0.39 is 0 Å². The first-order chi connectivity index (χ1) is 14.4. The second-order valence-corrected chi connectivity index (χ2v) is 12.3. The Bertz CT molecular complexity index is 624. The van der Waals surface area contributed by atoms with Crippen LogP contribution in [0, 0.1) is 46.3 Å². The summed E-state index contributed by atoms with van der Waals surface area (Å²) in [5.41, 5.74) is 2.15. The van der Waals surface area contributed by atoms with Crippen LogP contribution in [0.3, 0.4) is 0 Å². The normalized spacial score (nSPS) is 44.2. The Kier molecular flexibility index (Phi) is 6.77. The number of rotatable bonds is 7. The lowest BCUT2D eigenvalue weighted by molar-refractivity contribution is -0.0822. The molecule has 0 amide bonds. The largest absolute Gasteiger partial charge is 0.395 e. The van der Waals surface area contributed by atoms with Crippen LogP contribution in [0.1, 0.15) is 98.3 Å². The predicted octanol–water partition coefficient (Wildman–Crippen LogP) is 7.02. The summed E-state index contributed by atoms with van der Waals surface area (Å²) >= 11 is 0. The van der Waals surface area contributed by atoms with E-state index in [1.165, 1.54) is 51.4 Å². The van der Waals surface area contributed by atoms with E-state index in [2.05, 4.69) is 33.8 Å². The Balaban J connectivity index is 1.51. The zero-order valence-corrected chi connectivity index (χ0v) is 20.5. The van der Waals surface area contributed by atoms with Gasteiger partial charge in [-0.05, 0) is 92.3 Å². The van der Waals surface area contributed by atoms with Crippen LogP contribution in [0.4, 0.5) is 0 Å². The number of fused-ring (bicyclic) bond motifs is 5. The molecule has 30 heavy (non-hydrogen) atoms. The lowest BCUT2D eigenvalue weighted by Gasteiger charge is -2.59. The van der Waals surface area contributed by atoms with E-state index >= 15 is 0 Å². The van der Waals surface area contributed by atoms with Crippen LogP contribution in [-0.4, -0.2) is 24.9 Å². The third-order valence-electron chi connectivity index (χ3n) is 10.6. The average Bonchev–Trinajstić information content (AvgIpc) is 3.09. The van der Waals surface area contributed by atoms with Gasteiger partial charge in [-0.15, -0.1) is 0 Å². The molecule has 8 atom stereocenters. The van der Waals surface area contributed by atoms with E-state index in [1.807, 2.05) is 7.11 Å². The summed E-state index contributed by atoms with van der Waals surface area (Å²) in [7, 11) is 1.86. The van der Waals surface area contributed by atoms with Crippen molar-refractivity contribution in [3.63, 3.8) is 0 Å².